The highest BCUT2D eigenvalue weighted by Crippen LogP contribution is 2.18. The van der Waals surface area contributed by atoms with E-state index in [-0.39, 0.29) is 11.5 Å². The maximum absolute atomic E-state index is 12.6. The van der Waals surface area contributed by atoms with Gasteiger partial charge in [-0.3, -0.25) is 18.9 Å². The van der Waals surface area contributed by atoms with Crippen LogP contribution in [0.5, 0.6) is 0 Å². The van der Waals surface area contributed by atoms with Gasteiger partial charge in [-0.1, -0.05) is 23.7 Å². The minimum Gasteiger partial charge on any atom is -0.340 e. The van der Waals surface area contributed by atoms with Gasteiger partial charge in [0.1, 0.15) is 0 Å². The van der Waals surface area contributed by atoms with Gasteiger partial charge in [-0.2, -0.15) is 0 Å². The Hall–Kier alpha value is -2.22. The van der Waals surface area contributed by atoms with Gasteiger partial charge < -0.3 is 4.90 Å². The quantitative estimate of drug-likeness (QED) is 0.624. The van der Waals surface area contributed by atoms with Crippen LogP contribution in [-0.2, 0) is 17.8 Å². The molecule has 8 heteroatoms. The summed E-state index contributed by atoms with van der Waals surface area (Å²) in [6.45, 7) is 5.58. The number of fused-ring (bicyclic) bond motifs is 1. The molecule has 0 radical (unpaired) electrons. The van der Waals surface area contributed by atoms with Gasteiger partial charge in [0.15, 0.2) is 4.96 Å². The van der Waals surface area contributed by atoms with Gasteiger partial charge in [0.2, 0.25) is 5.91 Å². The number of hydrogen-bond acceptors (Lipinski definition) is 5. The van der Waals surface area contributed by atoms with E-state index < -0.39 is 0 Å². The molecule has 4 rings (SSSR count). The standard InChI is InChI=1S/C21H23ClN4O2S/c1-15-2-3-16(12-18(15)22)4-5-19(27)25-8-6-24(7-9-25)14-17-13-20(28)26-10-11-29-21(26)23-17/h2-3,10-13H,4-9,14H2,1H3. The number of carbonyl (C=O) groups excluding carboxylic acids is 1. The van der Waals surface area contributed by atoms with Crippen molar-refractivity contribution in [3.63, 3.8) is 0 Å². The number of piperazine rings is 1. The predicted molar refractivity (Wildman–Crippen MR) is 116 cm³/mol. The summed E-state index contributed by atoms with van der Waals surface area (Å²) < 4.78 is 1.56. The molecular weight excluding hydrogens is 408 g/mol. The van der Waals surface area contributed by atoms with Crippen LogP contribution in [0.15, 0.2) is 40.6 Å². The van der Waals surface area contributed by atoms with Crippen molar-refractivity contribution in [3.05, 3.63) is 68.0 Å². The number of amides is 1. The van der Waals surface area contributed by atoms with Crippen molar-refractivity contribution in [1.29, 1.82) is 0 Å². The lowest BCUT2D eigenvalue weighted by molar-refractivity contribution is -0.133. The maximum atomic E-state index is 12.6. The Bertz CT molecular complexity index is 1090. The molecule has 0 N–H and O–H groups in total. The largest absolute Gasteiger partial charge is 0.340 e. The number of aryl methyl sites for hydroxylation is 2. The van der Waals surface area contributed by atoms with E-state index in [4.69, 9.17) is 11.6 Å². The van der Waals surface area contributed by atoms with Crippen molar-refractivity contribution < 1.29 is 4.79 Å². The Morgan fingerprint density at radius 1 is 1.21 bits per heavy atom. The molecule has 1 fully saturated rings. The van der Waals surface area contributed by atoms with Gasteiger partial charge in [0.25, 0.3) is 5.56 Å². The molecule has 0 unspecified atom stereocenters. The number of hydrogen-bond donors (Lipinski definition) is 0. The lowest BCUT2D eigenvalue weighted by atomic mass is 10.1. The number of halogens is 1. The minimum atomic E-state index is -0.0451. The monoisotopic (exact) mass is 430 g/mol. The summed E-state index contributed by atoms with van der Waals surface area (Å²) in [5, 5.41) is 2.61. The Kier molecular flexibility index (Phi) is 5.99. The van der Waals surface area contributed by atoms with Gasteiger partial charge in [0, 0.05) is 61.8 Å². The third kappa shape index (κ3) is 4.69. The number of aromatic nitrogens is 2. The normalized spacial score (nSPS) is 15.2. The molecule has 1 aliphatic heterocycles. The molecule has 1 saturated heterocycles. The maximum Gasteiger partial charge on any atom is 0.258 e. The second-order valence-corrected chi connectivity index (χ2v) is 8.66. The summed E-state index contributed by atoms with van der Waals surface area (Å²) >= 11 is 7.63. The van der Waals surface area contributed by atoms with E-state index >= 15 is 0 Å². The molecular formula is C21H23ClN4O2S. The van der Waals surface area contributed by atoms with Crippen molar-refractivity contribution in [1.82, 2.24) is 19.2 Å². The van der Waals surface area contributed by atoms with Crippen LogP contribution >= 0.6 is 22.9 Å². The average Bonchev–Trinajstić information content (AvgIpc) is 3.18. The van der Waals surface area contributed by atoms with Crippen LogP contribution in [-0.4, -0.2) is 51.3 Å². The fourth-order valence-electron chi connectivity index (χ4n) is 3.55. The Balaban J connectivity index is 1.28. The van der Waals surface area contributed by atoms with Gasteiger partial charge in [-0.05, 0) is 30.5 Å². The first-order valence-corrected chi connectivity index (χ1v) is 11.0. The molecule has 1 aliphatic rings. The number of thiazole rings is 1. The minimum absolute atomic E-state index is 0.0451. The molecule has 0 saturated carbocycles. The molecule has 0 atom stereocenters. The molecule has 1 amide bonds. The molecule has 3 heterocycles. The second kappa shape index (κ2) is 8.65. The SMILES string of the molecule is Cc1ccc(CCC(=O)N2CCN(Cc3cc(=O)n4ccsc4n3)CC2)cc1Cl. The van der Waals surface area contributed by atoms with E-state index in [9.17, 15) is 9.59 Å². The molecule has 0 spiro atoms. The van der Waals surface area contributed by atoms with E-state index in [0.29, 0.717) is 32.5 Å². The lowest BCUT2D eigenvalue weighted by Crippen LogP contribution is -2.48. The molecule has 0 aliphatic carbocycles. The summed E-state index contributed by atoms with van der Waals surface area (Å²) in [5.41, 5.74) is 2.88. The lowest BCUT2D eigenvalue weighted by Gasteiger charge is -2.34. The zero-order chi connectivity index (χ0) is 20.4. The summed E-state index contributed by atoms with van der Waals surface area (Å²) in [4.78, 5) is 34.2. The predicted octanol–water partition coefficient (Wildman–Crippen LogP) is 2.99. The average molecular weight is 431 g/mol. The highest BCUT2D eigenvalue weighted by atomic mass is 35.5. The fraction of sp³-hybridized carbons (Fsp3) is 0.381. The zero-order valence-corrected chi connectivity index (χ0v) is 17.9. The third-order valence-corrected chi connectivity index (χ3v) is 6.49. The van der Waals surface area contributed by atoms with Gasteiger partial charge in [-0.15, -0.1) is 11.3 Å². The summed E-state index contributed by atoms with van der Waals surface area (Å²) in [5.74, 6) is 0.178. The van der Waals surface area contributed by atoms with Gasteiger partial charge >= 0.3 is 0 Å². The number of carbonyl (C=O) groups is 1. The number of rotatable bonds is 5. The molecule has 152 valence electrons. The zero-order valence-electron chi connectivity index (χ0n) is 16.3. The van der Waals surface area contributed by atoms with E-state index in [2.05, 4.69) is 9.88 Å². The smallest absolute Gasteiger partial charge is 0.258 e. The molecule has 3 aromatic rings. The van der Waals surface area contributed by atoms with Crippen LogP contribution in [0, 0.1) is 6.92 Å². The summed E-state index contributed by atoms with van der Waals surface area (Å²) in [7, 11) is 0. The Labute approximate surface area is 178 Å². The molecule has 2 aromatic heterocycles. The van der Waals surface area contributed by atoms with E-state index in [0.717, 1.165) is 39.9 Å². The summed E-state index contributed by atoms with van der Waals surface area (Å²) in [6.07, 6.45) is 2.94. The van der Waals surface area contributed by atoms with Crippen LogP contribution in [0.1, 0.15) is 23.2 Å². The molecule has 29 heavy (non-hydrogen) atoms. The second-order valence-electron chi connectivity index (χ2n) is 7.38. The van der Waals surface area contributed by atoms with Crippen molar-refractivity contribution in [2.75, 3.05) is 26.2 Å². The van der Waals surface area contributed by atoms with Gasteiger partial charge in [-0.25, -0.2) is 4.98 Å². The highest BCUT2D eigenvalue weighted by Gasteiger charge is 2.21. The van der Waals surface area contributed by atoms with E-state index in [1.807, 2.05) is 35.4 Å². The number of benzene rings is 1. The first-order chi connectivity index (χ1) is 14.0. The van der Waals surface area contributed by atoms with Crippen molar-refractivity contribution in [2.24, 2.45) is 0 Å². The van der Waals surface area contributed by atoms with Gasteiger partial charge in [0.05, 0.1) is 5.69 Å². The van der Waals surface area contributed by atoms with Crippen molar-refractivity contribution in [2.45, 2.75) is 26.3 Å². The van der Waals surface area contributed by atoms with E-state index in [1.165, 1.54) is 11.3 Å². The third-order valence-electron chi connectivity index (χ3n) is 5.33. The molecule has 1 aromatic carbocycles. The molecule has 6 nitrogen and oxygen atoms in total. The topological polar surface area (TPSA) is 57.9 Å². The van der Waals surface area contributed by atoms with Crippen LogP contribution in [0.4, 0.5) is 0 Å². The van der Waals surface area contributed by atoms with Crippen LogP contribution in [0.2, 0.25) is 5.02 Å². The fourth-order valence-corrected chi connectivity index (χ4v) is 4.50. The first-order valence-electron chi connectivity index (χ1n) is 9.70. The highest BCUT2D eigenvalue weighted by molar-refractivity contribution is 7.15. The van der Waals surface area contributed by atoms with E-state index in [1.54, 1.807) is 16.7 Å². The number of nitrogens with zero attached hydrogens (tertiary/aromatic N) is 4. The first kappa shape index (κ1) is 20.1. The van der Waals surface area contributed by atoms with Crippen molar-refractivity contribution >= 4 is 33.8 Å². The van der Waals surface area contributed by atoms with Crippen molar-refractivity contribution in [3.8, 4) is 0 Å². The van der Waals surface area contributed by atoms with Crippen LogP contribution in [0.3, 0.4) is 0 Å². The van der Waals surface area contributed by atoms with Crippen LogP contribution in [0.25, 0.3) is 4.96 Å². The Morgan fingerprint density at radius 3 is 2.76 bits per heavy atom. The summed E-state index contributed by atoms with van der Waals surface area (Å²) in [6, 6.07) is 7.58. The molecule has 0 bridgehead atoms. The Morgan fingerprint density at radius 2 is 2.00 bits per heavy atom. The van der Waals surface area contributed by atoms with Crippen LogP contribution < -0.4 is 5.56 Å².